The largest absolute Gasteiger partial charge is 0.495 e. The molecule has 1 heterocycles. The highest BCUT2D eigenvalue weighted by Gasteiger charge is 2.27. The second-order valence-corrected chi connectivity index (χ2v) is 7.44. The molecule has 0 aromatic heterocycles. The molecule has 7 nitrogen and oxygen atoms in total. The first-order valence-electron chi connectivity index (χ1n) is 7.30. The monoisotopic (exact) mass is 514 g/mol. The van der Waals surface area contributed by atoms with Crippen molar-refractivity contribution in [1.82, 2.24) is 0 Å². The van der Waals surface area contributed by atoms with Crippen LogP contribution in [0, 0.1) is 10.1 Å². The van der Waals surface area contributed by atoms with E-state index in [4.69, 9.17) is 21.1 Å². The van der Waals surface area contributed by atoms with Crippen molar-refractivity contribution in [3.05, 3.63) is 71.2 Å². The van der Waals surface area contributed by atoms with Crippen molar-refractivity contribution in [3.63, 3.8) is 0 Å². The van der Waals surface area contributed by atoms with Gasteiger partial charge < -0.3 is 9.47 Å². The number of nitrogens with zero attached hydrogens (tertiary/aromatic N) is 2. The van der Waals surface area contributed by atoms with Crippen LogP contribution in [0.4, 0.5) is 5.69 Å². The van der Waals surface area contributed by atoms with Crippen LogP contribution in [0.15, 0.2) is 50.0 Å². The zero-order valence-corrected chi connectivity index (χ0v) is 17.5. The summed E-state index contributed by atoms with van der Waals surface area (Å²) in [5, 5.41) is 11.1. The lowest BCUT2D eigenvalue weighted by molar-refractivity contribution is -0.384. The minimum Gasteiger partial charge on any atom is -0.495 e. The second kappa shape index (κ2) is 7.79. The number of halogens is 3. The summed E-state index contributed by atoms with van der Waals surface area (Å²) in [4.78, 5) is 26.8. The summed E-state index contributed by atoms with van der Waals surface area (Å²) in [6, 6.07) is 7.35. The van der Waals surface area contributed by atoms with Crippen molar-refractivity contribution in [2.24, 2.45) is 4.99 Å². The molecule has 0 N–H and O–H groups in total. The standard InChI is InChI=1S/C17H9Br2ClN2O5/c1-26-15-8(4-9(18)6-12(15)19)5-14-17(23)27-16(21-14)11-7-10(22(24)25)2-3-13(11)20/h2-7H,1H3/b14-5-. The molecular weight excluding hydrogens is 507 g/mol. The minimum absolute atomic E-state index is 0.0101. The van der Waals surface area contributed by atoms with E-state index < -0.39 is 10.9 Å². The molecule has 0 fully saturated rings. The van der Waals surface area contributed by atoms with E-state index in [0.29, 0.717) is 15.8 Å². The van der Waals surface area contributed by atoms with Crippen molar-refractivity contribution >= 4 is 67.1 Å². The van der Waals surface area contributed by atoms with E-state index in [-0.39, 0.29) is 27.9 Å². The number of benzene rings is 2. The van der Waals surface area contributed by atoms with Crippen LogP contribution in [0.2, 0.25) is 5.02 Å². The van der Waals surface area contributed by atoms with E-state index in [0.717, 1.165) is 4.47 Å². The fraction of sp³-hybridized carbons (Fsp3) is 0.0588. The van der Waals surface area contributed by atoms with Gasteiger partial charge in [-0.1, -0.05) is 27.5 Å². The van der Waals surface area contributed by atoms with Crippen LogP contribution in [0.25, 0.3) is 6.08 Å². The second-order valence-electron chi connectivity index (χ2n) is 5.27. The molecule has 0 radical (unpaired) electrons. The van der Waals surface area contributed by atoms with Gasteiger partial charge in [0.25, 0.3) is 5.69 Å². The third kappa shape index (κ3) is 4.05. The van der Waals surface area contributed by atoms with Gasteiger partial charge in [0, 0.05) is 22.2 Å². The lowest BCUT2D eigenvalue weighted by Gasteiger charge is -2.08. The van der Waals surface area contributed by atoms with E-state index in [1.807, 2.05) is 0 Å². The van der Waals surface area contributed by atoms with Gasteiger partial charge in [0.15, 0.2) is 5.70 Å². The number of cyclic esters (lactones) is 1. The molecule has 0 bridgehead atoms. The molecule has 0 unspecified atom stereocenters. The number of ether oxygens (including phenoxy) is 2. The van der Waals surface area contributed by atoms with Gasteiger partial charge in [0.1, 0.15) is 5.75 Å². The van der Waals surface area contributed by atoms with Gasteiger partial charge in [-0.25, -0.2) is 9.79 Å². The topological polar surface area (TPSA) is 91.0 Å². The molecule has 27 heavy (non-hydrogen) atoms. The molecule has 2 aromatic carbocycles. The highest BCUT2D eigenvalue weighted by Crippen LogP contribution is 2.35. The van der Waals surface area contributed by atoms with E-state index in [1.54, 1.807) is 12.1 Å². The summed E-state index contributed by atoms with van der Waals surface area (Å²) in [5.41, 5.74) is 0.560. The Hall–Kier alpha value is -2.23. The average molecular weight is 517 g/mol. The Morgan fingerprint density at radius 3 is 2.70 bits per heavy atom. The number of aliphatic imine (C=N–C) groups is 1. The first-order chi connectivity index (χ1) is 12.8. The number of methoxy groups -OCH3 is 1. The molecule has 0 saturated carbocycles. The van der Waals surface area contributed by atoms with Gasteiger partial charge in [-0.05, 0) is 40.2 Å². The Morgan fingerprint density at radius 2 is 2.04 bits per heavy atom. The summed E-state index contributed by atoms with van der Waals surface area (Å²) >= 11 is 12.8. The van der Waals surface area contributed by atoms with Crippen molar-refractivity contribution in [2.45, 2.75) is 0 Å². The Bertz CT molecular complexity index is 1040. The maximum atomic E-state index is 12.2. The maximum absolute atomic E-state index is 12.2. The number of esters is 1. The Balaban J connectivity index is 2.07. The van der Waals surface area contributed by atoms with Crippen molar-refractivity contribution in [3.8, 4) is 5.75 Å². The lowest BCUT2D eigenvalue weighted by Crippen LogP contribution is -2.06. The molecular formula is C17H9Br2ClN2O5. The molecule has 0 atom stereocenters. The van der Waals surface area contributed by atoms with Crippen LogP contribution in [-0.4, -0.2) is 23.9 Å². The highest BCUT2D eigenvalue weighted by atomic mass is 79.9. The van der Waals surface area contributed by atoms with Crippen LogP contribution < -0.4 is 4.74 Å². The predicted molar refractivity (Wildman–Crippen MR) is 107 cm³/mol. The number of nitro benzene ring substituents is 1. The molecule has 3 rings (SSSR count). The molecule has 0 amide bonds. The zero-order valence-electron chi connectivity index (χ0n) is 13.5. The number of hydrogen-bond acceptors (Lipinski definition) is 6. The number of carbonyl (C=O) groups excluding carboxylic acids is 1. The fourth-order valence-electron chi connectivity index (χ4n) is 2.37. The van der Waals surface area contributed by atoms with Gasteiger partial charge in [0.05, 0.1) is 27.1 Å². The summed E-state index contributed by atoms with van der Waals surface area (Å²) in [7, 11) is 1.50. The smallest absolute Gasteiger partial charge is 0.363 e. The summed E-state index contributed by atoms with van der Waals surface area (Å²) in [5.74, 6) is -0.297. The first-order valence-corrected chi connectivity index (χ1v) is 9.26. The molecule has 2 aromatic rings. The van der Waals surface area contributed by atoms with Gasteiger partial charge in [0.2, 0.25) is 5.90 Å². The third-order valence-electron chi connectivity index (χ3n) is 3.55. The number of rotatable bonds is 4. The number of hydrogen-bond donors (Lipinski definition) is 0. The third-order valence-corrected chi connectivity index (χ3v) is 4.92. The highest BCUT2D eigenvalue weighted by molar-refractivity contribution is 9.11. The van der Waals surface area contributed by atoms with E-state index in [9.17, 15) is 14.9 Å². The normalized spacial score (nSPS) is 14.9. The predicted octanol–water partition coefficient (Wildman–Crippen LogP) is 5.13. The van der Waals surface area contributed by atoms with Crippen LogP contribution in [0.1, 0.15) is 11.1 Å². The van der Waals surface area contributed by atoms with Crippen LogP contribution >= 0.6 is 43.5 Å². The fourth-order valence-corrected chi connectivity index (χ4v) is 3.98. The van der Waals surface area contributed by atoms with Gasteiger partial charge >= 0.3 is 5.97 Å². The van der Waals surface area contributed by atoms with Gasteiger partial charge in [-0.3, -0.25) is 10.1 Å². The van der Waals surface area contributed by atoms with Crippen LogP contribution in [-0.2, 0) is 9.53 Å². The Labute approximate surface area is 175 Å². The number of non-ortho nitro benzene ring substituents is 1. The summed E-state index contributed by atoms with van der Waals surface area (Å²) < 4.78 is 11.9. The lowest BCUT2D eigenvalue weighted by atomic mass is 10.1. The van der Waals surface area contributed by atoms with Crippen molar-refractivity contribution < 1.29 is 19.2 Å². The Kier molecular flexibility index (Phi) is 5.64. The number of nitro groups is 1. The van der Waals surface area contributed by atoms with Gasteiger partial charge in [-0.2, -0.15) is 0 Å². The maximum Gasteiger partial charge on any atom is 0.363 e. The molecule has 0 aliphatic carbocycles. The quantitative estimate of drug-likeness (QED) is 0.243. The number of carbonyl (C=O) groups is 1. The molecule has 0 saturated heterocycles. The van der Waals surface area contributed by atoms with Crippen molar-refractivity contribution in [1.29, 1.82) is 0 Å². The van der Waals surface area contributed by atoms with Crippen molar-refractivity contribution in [2.75, 3.05) is 7.11 Å². The van der Waals surface area contributed by atoms with Gasteiger partial charge in [-0.15, -0.1) is 0 Å². The summed E-state index contributed by atoms with van der Waals surface area (Å²) in [6.07, 6.45) is 1.49. The minimum atomic E-state index is -0.703. The van der Waals surface area contributed by atoms with E-state index in [2.05, 4.69) is 36.9 Å². The molecule has 10 heteroatoms. The molecule has 138 valence electrons. The van der Waals surface area contributed by atoms with Crippen LogP contribution in [0.5, 0.6) is 5.75 Å². The molecule has 1 aliphatic heterocycles. The summed E-state index contributed by atoms with van der Waals surface area (Å²) in [6.45, 7) is 0. The molecule has 1 aliphatic rings. The SMILES string of the molecule is COc1c(Br)cc(Br)cc1/C=C1\N=C(c2cc([N+](=O)[O-])ccc2Cl)OC1=O. The van der Waals surface area contributed by atoms with E-state index >= 15 is 0 Å². The van der Waals surface area contributed by atoms with Crippen LogP contribution in [0.3, 0.4) is 0 Å². The first kappa shape index (κ1) is 19.5. The zero-order chi connectivity index (χ0) is 19.7. The average Bonchev–Trinajstić information content (AvgIpc) is 2.95. The molecule has 0 spiro atoms. The van der Waals surface area contributed by atoms with E-state index in [1.165, 1.54) is 31.4 Å². The Morgan fingerprint density at radius 1 is 1.30 bits per heavy atom.